The van der Waals surface area contributed by atoms with Crippen LogP contribution in [0.3, 0.4) is 0 Å². The molecule has 0 aliphatic carbocycles. The van der Waals surface area contributed by atoms with Gasteiger partial charge in [-0.1, -0.05) is 110 Å². The zero-order chi connectivity index (χ0) is 51.6. The van der Waals surface area contributed by atoms with Crippen LogP contribution in [-0.4, -0.2) is 66.0 Å². The van der Waals surface area contributed by atoms with Crippen LogP contribution in [0, 0.1) is 0 Å². The first-order valence-corrected chi connectivity index (χ1v) is 22.4. The van der Waals surface area contributed by atoms with Crippen LogP contribution >= 0.6 is 15.9 Å². The van der Waals surface area contributed by atoms with Crippen LogP contribution in [-0.2, 0) is 22.7 Å². The molecule has 0 spiro atoms. The number of hydrogen-bond donors (Lipinski definition) is 3. The van der Waals surface area contributed by atoms with Gasteiger partial charge < -0.3 is 38.3 Å². The third-order valence-corrected chi connectivity index (χ3v) is 11.2. The standard InChI is InChI=1S/C25H22F3N3O4.C14H8F3N3O3.C11H15BrO.CH4/c1-24(2,15-32)19-5-3-4-16(12-19)13-31-14-18(8-11-21(31)33)23-29-22(30-35-23)17-6-9-20(10-7-17)34-25(26,27)28;15-14(16,17)22-10-4-1-8(2-5-10)12-19-13(23-20-12)9-3-6-11(21)18-7-9;1-11(2,8-13)10-5-3-4-9(6-10)7-12;/h3-12,14,32H,13,15H2,1-2H3;1-7H,(H,18,21);3-6,13H,7-8H2,1-2H3;1H4. The first-order valence-electron chi connectivity index (χ1n) is 21.3. The van der Waals surface area contributed by atoms with Gasteiger partial charge >= 0.3 is 12.7 Å². The molecule has 4 heterocycles. The second kappa shape index (κ2) is 23.7. The monoisotopic (exact) mass is 1070 g/mol. The van der Waals surface area contributed by atoms with Crippen molar-refractivity contribution < 1.29 is 55.1 Å². The number of nitrogens with zero attached hydrogens (tertiary/aromatic N) is 5. The van der Waals surface area contributed by atoms with E-state index in [1.165, 1.54) is 64.4 Å². The summed E-state index contributed by atoms with van der Waals surface area (Å²) in [6, 6.07) is 31.9. The van der Waals surface area contributed by atoms with Gasteiger partial charge in [0.25, 0.3) is 17.3 Å². The Morgan fingerprint density at radius 2 is 1.06 bits per heavy atom. The molecular formula is C51H49BrF6N6O8. The number of nitrogens with one attached hydrogen (secondary N) is 1. The number of aromatic nitrogens is 6. The molecule has 3 N–H and O–H groups in total. The van der Waals surface area contributed by atoms with E-state index in [1.54, 1.807) is 12.3 Å². The summed E-state index contributed by atoms with van der Waals surface area (Å²) in [5.74, 6) is 0.000461. The molecule has 0 aliphatic heterocycles. The van der Waals surface area contributed by atoms with E-state index in [-0.39, 0.29) is 72.1 Å². The maximum Gasteiger partial charge on any atom is 0.573 e. The van der Waals surface area contributed by atoms with Gasteiger partial charge in [-0.3, -0.25) is 9.59 Å². The second-order valence-electron chi connectivity index (χ2n) is 16.9. The molecule has 8 aromatic rings. The van der Waals surface area contributed by atoms with Gasteiger partial charge in [-0.2, -0.15) is 9.97 Å². The van der Waals surface area contributed by atoms with Crippen LogP contribution in [0.15, 0.2) is 152 Å². The molecular weight excluding hydrogens is 1020 g/mol. The highest BCUT2D eigenvalue weighted by atomic mass is 79.9. The van der Waals surface area contributed by atoms with E-state index in [1.807, 2.05) is 58.0 Å². The number of aliphatic hydroxyl groups is 2. The van der Waals surface area contributed by atoms with Crippen LogP contribution < -0.4 is 20.6 Å². The topological polar surface area (TPSA) is 192 Å². The average Bonchev–Trinajstić information content (AvgIpc) is 4.05. The number of hydrogen-bond acceptors (Lipinski definition) is 12. The number of aromatic amines is 1. The van der Waals surface area contributed by atoms with Crippen molar-refractivity contribution in [1.29, 1.82) is 0 Å². The molecule has 0 atom stereocenters. The molecule has 72 heavy (non-hydrogen) atoms. The molecule has 0 bridgehead atoms. The minimum atomic E-state index is -4.78. The summed E-state index contributed by atoms with van der Waals surface area (Å²) in [6.45, 7) is 8.42. The van der Waals surface area contributed by atoms with E-state index < -0.39 is 18.1 Å². The lowest BCUT2D eigenvalue weighted by atomic mass is 9.85. The predicted octanol–water partition coefficient (Wildman–Crippen LogP) is 11.3. The van der Waals surface area contributed by atoms with Crippen LogP contribution in [0.2, 0.25) is 0 Å². The van der Waals surface area contributed by atoms with E-state index in [9.17, 15) is 46.1 Å². The van der Waals surface area contributed by atoms with Crippen molar-refractivity contribution in [3.63, 3.8) is 0 Å². The Labute approximate surface area is 417 Å². The summed E-state index contributed by atoms with van der Waals surface area (Å²) in [5, 5.41) is 27.3. The molecule has 21 heteroatoms. The Kier molecular flexibility index (Phi) is 18.3. The second-order valence-corrected chi connectivity index (χ2v) is 17.5. The fraction of sp³-hybridized carbons (Fsp3) is 0.255. The van der Waals surface area contributed by atoms with E-state index in [2.05, 4.69) is 68.9 Å². The van der Waals surface area contributed by atoms with Gasteiger partial charge in [0, 0.05) is 51.8 Å². The van der Waals surface area contributed by atoms with Crippen LogP contribution in [0.5, 0.6) is 11.5 Å². The number of rotatable bonds is 13. The van der Waals surface area contributed by atoms with Crippen molar-refractivity contribution in [2.75, 3.05) is 13.2 Å². The van der Waals surface area contributed by atoms with E-state index in [0.717, 1.165) is 40.7 Å². The minimum absolute atomic E-state index is 0. The Balaban J connectivity index is 0.000000223. The lowest BCUT2D eigenvalue weighted by molar-refractivity contribution is -0.275. The van der Waals surface area contributed by atoms with E-state index >= 15 is 0 Å². The highest BCUT2D eigenvalue weighted by Crippen LogP contribution is 2.30. The normalized spacial score (nSPS) is 11.6. The molecule has 4 aromatic carbocycles. The van der Waals surface area contributed by atoms with Gasteiger partial charge in [0.1, 0.15) is 11.5 Å². The number of alkyl halides is 7. The molecule has 0 fully saturated rings. The summed E-state index contributed by atoms with van der Waals surface area (Å²) >= 11 is 3.42. The van der Waals surface area contributed by atoms with Crippen molar-refractivity contribution >= 4 is 15.9 Å². The maximum absolute atomic E-state index is 12.5. The highest BCUT2D eigenvalue weighted by Gasteiger charge is 2.32. The third-order valence-electron chi connectivity index (χ3n) is 10.5. The smallest absolute Gasteiger partial charge is 0.406 e. The zero-order valence-electron chi connectivity index (χ0n) is 38.3. The Hall–Kier alpha value is -7.36. The fourth-order valence-electron chi connectivity index (χ4n) is 6.40. The van der Waals surface area contributed by atoms with E-state index in [0.29, 0.717) is 28.8 Å². The number of benzene rings is 4. The van der Waals surface area contributed by atoms with Crippen molar-refractivity contribution in [3.8, 4) is 57.2 Å². The van der Waals surface area contributed by atoms with Gasteiger partial charge in [-0.25, -0.2) is 0 Å². The largest absolute Gasteiger partial charge is 0.573 e. The molecule has 380 valence electrons. The first kappa shape index (κ1) is 55.6. The number of halogens is 7. The number of pyridine rings is 2. The molecule has 0 saturated heterocycles. The SMILES string of the molecule is C.CC(C)(CO)c1cccc(CBr)c1.CC(C)(CO)c1cccc(Cn2cc(-c3nc(-c4ccc(OC(F)(F)F)cc4)no3)ccc2=O)c1.O=c1ccc(-c2nc(-c3ccc(OC(F)(F)F)cc3)no2)c[nH]1. The first-order chi connectivity index (χ1) is 33.5. The van der Waals surface area contributed by atoms with Crippen LogP contribution in [0.25, 0.3) is 45.7 Å². The van der Waals surface area contributed by atoms with Crippen molar-refractivity contribution in [1.82, 2.24) is 29.8 Å². The lowest BCUT2D eigenvalue weighted by Gasteiger charge is -2.23. The molecule has 0 radical (unpaired) electrons. The van der Waals surface area contributed by atoms with Gasteiger partial charge in [0.05, 0.1) is 30.9 Å². The van der Waals surface area contributed by atoms with Crippen molar-refractivity contribution in [2.24, 2.45) is 0 Å². The summed E-state index contributed by atoms with van der Waals surface area (Å²) < 4.78 is 92.9. The minimum Gasteiger partial charge on any atom is -0.406 e. The third kappa shape index (κ3) is 15.6. The molecule has 0 saturated carbocycles. The number of ether oxygens (including phenoxy) is 2. The molecule has 14 nitrogen and oxygen atoms in total. The van der Waals surface area contributed by atoms with Crippen molar-refractivity contribution in [2.45, 2.75) is 70.6 Å². The van der Waals surface area contributed by atoms with Gasteiger partial charge in [0.15, 0.2) is 0 Å². The van der Waals surface area contributed by atoms with E-state index in [4.69, 9.17) is 9.05 Å². The average molecular weight is 1070 g/mol. The van der Waals surface area contributed by atoms with Gasteiger partial charge in [-0.05, 0) is 82.9 Å². The fourth-order valence-corrected chi connectivity index (χ4v) is 6.75. The molecule has 0 amide bonds. The Bertz CT molecular complexity index is 3110. The summed E-state index contributed by atoms with van der Waals surface area (Å²) in [4.78, 5) is 34.4. The number of H-pyrrole nitrogens is 1. The van der Waals surface area contributed by atoms with Gasteiger partial charge in [0.2, 0.25) is 17.2 Å². The molecule has 0 unspecified atom stereocenters. The van der Waals surface area contributed by atoms with Gasteiger partial charge in [-0.15, -0.1) is 26.3 Å². The molecule has 4 aromatic heterocycles. The zero-order valence-corrected chi connectivity index (χ0v) is 39.8. The molecule has 8 rings (SSSR count). The summed E-state index contributed by atoms with van der Waals surface area (Å²) in [6.07, 6.45) is -6.50. The quantitative estimate of drug-likeness (QED) is 0.0732. The predicted molar refractivity (Wildman–Crippen MR) is 260 cm³/mol. The number of aliphatic hydroxyl groups excluding tert-OH is 2. The lowest BCUT2D eigenvalue weighted by Crippen LogP contribution is -2.23. The summed E-state index contributed by atoms with van der Waals surface area (Å²) in [7, 11) is 0. The highest BCUT2D eigenvalue weighted by molar-refractivity contribution is 9.08. The summed E-state index contributed by atoms with van der Waals surface area (Å²) in [5.41, 5.74) is 5.14. The van der Waals surface area contributed by atoms with Crippen LogP contribution in [0.1, 0.15) is 57.4 Å². The molecule has 0 aliphatic rings. The maximum atomic E-state index is 12.5. The van der Waals surface area contributed by atoms with Crippen LogP contribution in [0.4, 0.5) is 26.3 Å². The Morgan fingerprint density at radius 3 is 1.50 bits per heavy atom. The Morgan fingerprint density at radius 1 is 0.611 bits per heavy atom. The van der Waals surface area contributed by atoms with Crippen molar-refractivity contribution in [3.05, 3.63) is 177 Å².